The van der Waals surface area contributed by atoms with Gasteiger partial charge >= 0.3 is 5.97 Å². The van der Waals surface area contributed by atoms with E-state index in [1.165, 1.54) is 19.2 Å². The highest BCUT2D eigenvalue weighted by Gasteiger charge is 2.12. The van der Waals surface area contributed by atoms with E-state index in [1.54, 1.807) is 17.0 Å². The van der Waals surface area contributed by atoms with Gasteiger partial charge in [0.05, 0.1) is 12.7 Å². The van der Waals surface area contributed by atoms with Gasteiger partial charge in [0, 0.05) is 19.2 Å². The molecule has 0 fully saturated rings. The van der Waals surface area contributed by atoms with Crippen molar-refractivity contribution in [2.45, 2.75) is 6.54 Å². The first-order valence-electron chi connectivity index (χ1n) is 7.30. The van der Waals surface area contributed by atoms with Gasteiger partial charge in [-0.15, -0.1) is 0 Å². The van der Waals surface area contributed by atoms with E-state index in [0.717, 1.165) is 5.56 Å². The van der Waals surface area contributed by atoms with E-state index in [-0.39, 0.29) is 5.91 Å². The molecule has 0 spiro atoms. The van der Waals surface area contributed by atoms with Gasteiger partial charge in [0.1, 0.15) is 0 Å². The van der Waals surface area contributed by atoms with Crippen LogP contribution >= 0.6 is 12.2 Å². The molecular formula is C18H18N2O3S. The first-order chi connectivity index (χ1) is 11.5. The Bertz CT molecular complexity index is 730. The van der Waals surface area contributed by atoms with Crippen molar-refractivity contribution in [1.29, 1.82) is 0 Å². The molecule has 24 heavy (non-hydrogen) atoms. The summed E-state index contributed by atoms with van der Waals surface area (Å²) in [5.74, 6) is -0.767. The molecule has 5 nitrogen and oxygen atoms in total. The zero-order valence-electron chi connectivity index (χ0n) is 13.5. The summed E-state index contributed by atoms with van der Waals surface area (Å²) in [6, 6.07) is 16.0. The number of carbonyl (C=O) groups is 2. The second-order valence-corrected chi connectivity index (χ2v) is 5.56. The molecule has 0 atom stereocenters. The smallest absolute Gasteiger partial charge is 0.337 e. The molecule has 0 aromatic heterocycles. The van der Waals surface area contributed by atoms with Crippen LogP contribution in [-0.2, 0) is 11.3 Å². The van der Waals surface area contributed by atoms with Crippen molar-refractivity contribution < 1.29 is 14.3 Å². The van der Waals surface area contributed by atoms with E-state index in [4.69, 9.17) is 12.2 Å². The molecule has 124 valence electrons. The molecule has 0 aliphatic carbocycles. The maximum absolute atomic E-state index is 12.2. The largest absolute Gasteiger partial charge is 0.465 e. The number of nitrogens with one attached hydrogen (secondary N) is 1. The monoisotopic (exact) mass is 342 g/mol. The Balaban J connectivity index is 1.95. The number of methoxy groups -OCH3 is 1. The fourth-order valence-corrected chi connectivity index (χ4v) is 2.23. The van der Waals surface area contributed by atoms with Gasteiger partial charge in [-0.05, 0) is 42.0 Å². The highest BCUT2D eigenvalue weighted by Crippen LogP contribution is 2.07. The molecule has 0 radical (unpaired) electrons. The lowest BCUT2D eigenvalue weighted by atomic mass is 10.1. The molecule has 0 unspecified atom stereocenters. The number of rotatable bonds is 4. The van der Waals surface area contributed by atoms with E-state index >= 15 is 0 Å². The van der Waals surface area contributed by atoms with Crippen molar-refractivity contribution in [3.63, 3.8) is 0 Å². The molecule has 0 aliphatic rings. The van der Waals surface area contributed by atoms with Crippen LogP contribution in [0, 0.1) is 0 Å². The maximum Gasteiger partial charge on any atom is 0.337 e. The average molecular weight is 342 g/mol. The van der Waals surface area contributed by atoms with Crippen LogP contribution in [-0.4, -0.2) is 36.0 Å². The lowest BCUT2D eigenvalue weighted by Gasteiger charge is -2.20. The number of ether oxygens (including phenoxy) is 1. The Morgan fingerprint density at radius 2 is 1.62 bits per heavy atom. The van der Waals surface area contributed by atoms with E-state index in [9.17, 15) is 9.59 Å². The molecule has 0 saturated carbocycles. The summed E-state index contributed by atoms with van der Waals surface area (Å²) in [4.78, 5) is 25.4. The van der Waals surface area contributed by atoms with Gasteiger partial charge in [-0.2, -0.15) is 0 Å². The quantitative estimate of drug-likeness (QED) is 0.684. The molecule has 0 heterocycles. The van der Waals surface area contributed by atoms with Gasteiger partial charge in [0.15, 0.2) is 5.11 Å². The Hall–Kier alpha value is -2.73. The van der Waals surface area contributed by atoms with Gasteiger partial charge in [-0.3, -0.25) is 10.1 Å². The summed E-state index contributed by atoms with van der Waals surface area (Å²) in [5.41, 5.74) is 1.90. The number of esters is 1. The fourth-order valence-electron chi connectivity index (χ4n) is 2.07. The van der Waals surface area contributed by atoms with Crippen molar-refractivity contribution in [1.82, 2.24) is 10.2 Å². The molecule has 2 aromatic rings. The Morgan fingerprint density at radius 3 is 2.21 bits per heavy atom. The minimum Gasteiger partial charge on any atom is -0.465 e. The second-order valence-electron chi connectivity index (χ2n) is 5.17. The topological polar surface area (TPSA) is 58.6 Å². The fraction of sp³-hybridized carbons (Fsp3) is 0.167. The van der Waals surface area contributed by atoms with Crippen molar-refractivity contribution in [2.75, 3.05) is 14.2 Å². The third-order valence-electron chi connectivity index (χ3n) is 3.40. The Morgan fingerprint density at radius 1 is 1.04 bits per heavy atom. The van der Waals surface area contributed by atoms with Crippen LogP contribution in [0.25, 0.3) is 0 Å². The number of amides is 1. The number of hydrogen-bond acceptors (Lipinski definition) is 4. The number of benzene rings is 2. The molecule has 0 saturated heterocycles. The standard InChI is InChI=1S/C18H18N2O3S/c1-20(12-13-6-4-3-5-7-13)18(24)19-16(21)14-8-10-15(11-9-14)17(22)23-2/h3-11H,12H2,1-2H3,(H,19,21,24). The molecule has 1 N–H and O–H groups in total. The second kappa shape index (κ2) is 8.21. The average Bonchev–Trinajstić information content (AvgIpc) is 2.61. The van der Waals surface area contributed by atoms with Crippen LogP contribution < -0.4 is 5.32 Å². The molecule has 6 heteroatoms. The van der Waals surface area contributed by atoms with Crippen molar-refractivity contribution >= 4 is 29.2 Å². The van der Waals surface area contributed by atoms with Gasteiger partial charge in [0.25, 0.3) is 5.91 Å². The Kier molecular flexibility index (Phi) is 6.03. The number of thiocarbonyl (C=S) groups is 1. The Labute approximate surface area is 146 Å². The van der Waals surface area contributed by atoms with Gasteiger partial charge < -0.3 is 9.64 Å². The lowest BCUT2D eigenvalue weighted by Crippen LogP contribution is -2.40. The minimum atomic E-state index is -0.444. The summed E-state index contributed by atoms with van der Waals surface area (Å²) in [5, 5.41) is 3.02. The molecule has 2 aromatic carbocycles. The minimum absolute atomic E-state index is 0.323. The van der Waals surface area contributed by atoms with Crippen molar-refractivity contribution in [2.24, 2.45) is 0 Å². The summed E-state index contributed by atoms with van der Waals surface area (Å²) in [6.07, 6.45) is 0. The SMILES string of the molecule is COC(=O)c1ccc(C(=O)NC(=S)N(C)Cc2ccccc2)cc1. The van der Waals surface area contributed by atoms with Crippen LogP contribution in [0.1, 0.15) is 26.3 Å². The van der Waals surface area contributed by atoms with E-state index in [0.29, 0.717) is 22.8 Å². The molecule has 2 rings (SSSR count). The zero-order valence-corrected chi connectivity index (χ0v) is 14.3. The van der Waals surface area contributed by atoms with E-state index < -0.39 is 5.97 Å². The molecule has 0 aliphatic heterocycles. The zero-order chi connectivity index (χ0) is 17.5. The lowest BCUT2D eigenvalue weighted by molar-refractivity contribution is 0.0600. The van der Waals surface area contributed by atoms with Crippen LogP contribution in [0.2, 0.25) is 0 Å². The van der Waals surface area contributed by atoms with Gasteiger partial charge in [0.2, 0.25) is 0 Å². The number of nitrogens with zero attached hydrogens (tertiary/aromatic N) is 1. The van der Waals surface area contributed by atoms with Crippen LogP contribution in [0.4, 0.5) is 0 Å². The van der Waals surface area contributed by atoms with E-state index in [2.05, 4.69) is 10.1 Å². The molecular weight excluding hydrogens is 324 g/mol. The number of carbonyl (C=O) groups excluding carboxylic acids is 2. The summed E-state index contributed by atoms with van der Waals surface area (Å²) < 4.78 is 4.62. The van der Waals surface area contributed by atoms with Gasteiger partial charge in [-0.25, -0.2) is 4.79 Å². The highest BCUT2D eigenvalue weighted by molar-refractivity contribution is 7.80. The predicted octanol–water partition coefficient (Wildman–Crippen LogP) is 2.62. The molecule has 0 bridgehead atoms. The normalized spacial score (nSPS) is 9.92. The van der Waals surface area contributed by atoms with Gasteiger partial charge in [-0.1, -0.05) is 30.3 Å². The van der Waals surface area contributed by atoms with Crippen molar-refractivity contribution in [3.05, 3.63) is 71.3 Å². The van der Waals surface area contributed by atoms with E-state index in [1.807, 2.05) is 37.4 Å². The van der Waals surface area contributed by atoms with Crippen molar-refractivity contribution in [3.8, 4) is 0 Å². The first-order valence-corrected chi connectivity index (χ1v) is 7.71. The first kappa shape index (κ1) is 17.6. The van der Waals surface area contributed by atoms with Crippen LogP contribution in [0.15, 0.2) is 54.6 Å². The summed E-state index contributed by atoms with van der Waals surface area (Å²) >= 11 is 5.26. The number of hydrogen-bond donors (Lipinski definition) is 1. The third-order valence-corrected chi connectivity index (χ3v) is 3.81. The summed E-state index contributed by atoms with van der Waals surface area (Å²) in [7, 11) is 3.12. The predicted molar refractivity (Wildman–Crippen MR) is 95.8 cm³/mol. The third kappa shape index (κ3) is 4.63. The summed E-state index contributed by atoms with van der Waals surface area (Å²) in [6.45, 7) is 0.598. The molecule has 1 amide bonds. The van der Waals surface area contributed by atoms with Crippen LogP contribution in [0.5, 0.6) is 0 Å². The highest BCUT2D eigenvalue weighted by atomic mass is 32.1. The van der Waals surface area contributed by atoms with Crippen LogP contribution in [0.3, 0.4) is 0 Å². The maximum atomic E-state index is 12.2.